The van der Waals surface area contributed by atoms with Crippen molar-refractivity contribution in [3.63, 3.8) is 0 Å². The van der Waals surface area contributed by atoms with Gasteiger partial charge in [-0.15, -0.1) is 0 Å². The number of aromatic nitrogens is 3. The van der Waals surface area contributed by atoms with Crippen molar-refractivity contribution in [1.82, 2.24) is 20.4 Å². The van der Waals surface area contributed by atoms with Crippen LogP contribution in [0, 0.1) is 19.8 Å². The number of amides is 1. The number of ether oxygens (including phenoxy) is 1. The lowest BCUT2D eigenvalue weighted by Crippen LogP contribution is -2.40. The van der Waals surface area contributed by atoms with Gasteiger partial charge < -0.3 is 14.6 Å². The quantitative estimate of drug-likeness (QED) is 0.774. The van der Waals surface area contributed by atoms with Crippen LogP contribution in [0.25, 0.3) is 11.1 Å². The molecule has 4 rings (SSSR count). The van der Waals surface area contributed by atoms with Crippen LogP contribution >= 0.6 is 0 Å². The van der Waals surface area contributed by atoms with E-state index in [2.05, 4.69) is 20.4 Å². The van der Waals surface area contributed by atoms with Crippen molar-refractivity contribution in [3.05, 3.63) is 53.1 Å². The molecule has 2 atom stereocenters. The Hall–Kier alpha value is -2.80. The predicted molar refractivity (Wildman–Crippen MR) is 94.8 cm³/mol. The van der Waals surface area contributed by atoms with E-state index in [0.29, 0.717) is 35.6 Å². The Labute approximate surface area is 150 Å². The van der Waals surface area contributed by atoms with Crippen molar-refractivity contribution in [1.29, 1.82) is 0 Å². The maximum Gasteiger partial charge on any atom is 0.258 e. The molecule has 0 aromatic carbocycles. The third-order valence-corrected chi connectivity index (χ3v) is 4.75. The number of aryl methyl sites for hydroxylation is 2. The van der Waals surface area contributed by atoms with Crippen molar-refractivity contribution in [2.75, 3.05) is 13.2 Å². The summed E-state index contributed by atoms with van der Waals surface area (Å²) in [5.41, 5.74) is 3.50. The van der Waals surface area contributed by atoms with Crippen molar-refractivity contribution >= 4 is 17.0 Å². The summed E-state index contributed by atoms with van der Waals surface area (Å²) < 4.78 is 10.8. The van der Waals surface area contributed by atoms with E-state index in [4.69, 9.17) is 9.26 Å². The first kappa shape index (κ1) is 16.7. The molecule has 1 N–H and O–H groups in total. The second-order valence-corrected chi connectivity index (χ2v) is 6.70. The highest BCUT2D eigenvalue weighted by molar-refractivity contribution is 6.06. The maximum absolute atomic E-state index is 12.9. The normalized spacial score (nSPS) is 19.8. The first-order valence-corrected chi connectivity index (χ1v) is 8.63. The maximum atomic E-state index is 12.9. The van der Waals surface area contributed by atoms with Gasteiger partial charge in [-0.2, -0.15) is 0 Å². The second kappa shape index (κ2) is 6.84. The van der Waals surface area contributed by atoms with Crippen LogP contribution in [0.2, 0.25) is 0 Å². The van der Waals surface area contributed by atoms with Gasteiger partial charge in [0.2, 0.25) is 0 Å². The van der Waals surface area contributed by atoms with Crippen LogP contribution in [0.15, 0.2) is 35.1 Å². The van der Waals surface area contributed by atoms with Gasteiger partial charge in [0.05, 0.1) is 35.9 Å². The van der Waals surface area contributed by atoms with Gasteiger partial charge in [0.1, 0.15) is 0 Å². The molecule has 0 bridgehead atoms. The average molecular weight is 352 g/mol. The van der Waals surface area contributed by atoms with Crippen LogP contribution in [0.3, 0.4) is 0 Å². The fraction of sp³-hybridized carbons (Fsp3) is 0.368. The molecular formula is C19H20N4O3. The average Bonchev–Trinajstić information content (AvgIpc) is 3.22. The van der Waals surface area contributed by atoms with Gasteiger partial charge in [-0.25, -0.2) is 4.98 Å². The first-order chi connectivity index (χ1) is 12.6. The molecule has 0 saturated carbocycles. The van der Waals surface area contributed by atoms with E-state index in [1.165, 1.54) is 5.56 Å². The lowest BCUT2D eigenvalue weighted by atomic mass is 9.95. The standard InChI is InChI=1S/C19H20N4O3/c1-11-7-15(17-12(2)23-26-19(17)21-11)18(24)22-16-10-25-9-14(16)8-13-3-5-20-6-4-13/h3-7,14,16H,8-10H2,1-2H3,(H,22,24)/t14-,16+/m1/s1. The van der Waals surface area contributed by atoms with Crippen molar-refractivity contribution in [2.45, 2.75) is 26.3 Å². The number of pyridine rings is 2. The topological polar surface area (TPSA) is 90.1 Å². The molecule has 3 aromatic heterocycles. The van der Waals surface area contributed by atoms with Crippen LogP contribution in [0.5, 0.6) is 0 Å². The minimum Gasteiger partial charge on any atom is -0.379 e. The number of carbonyl (C=O) groups is 1. The van der Waals surface area contributed by atoms with Crippen molar-refractivity contribution < 1.29 is 14.1 Å². The highest BCUT2D eigenvalue weighted by atomic mass is 16.5. The lowest BCUT2D eigenvalue weighted by Gasteiger charge is -2.19. The summed E-state index contributed by atoms with van der Waals surface area (Å²) in [6, 6.07) is 5.72. The zero-order chi connectivity index (χ0) is 18.1. The number of nitrogens with one attached hydrogen (secondary N) is 1. The molecule has 0 unspecified atom stereocenters. The first-order valence-electron chi connectivity index (χ1n) is 8.63. The van der Waals surface area contributed by atoms with Crippen LogP contribution in [-0.2, 0) is 11.2 Å². The molecule has 4 heterocycles. The summed E-state index contributed by atoms with van der Waals surface area (Å²) in [4.78, 5) is 21.3. The van der Waals surface area contributed by atoms with E-state index in [0.717, 1.165) is 12.1 Å². The Morgan fingerprint density at radius 3 is 2.88 bits per heavy atom. The van der Waals surface area contributed by atoms with Gasteiger partial charge in [0, 0.05) is 24.0 Å². The molecule has 134 valence electrons. The molecule has 0 aliphatic carbocycles. The van der Waals surface area contributed by atoms with Gasteiger partial charge in [0.15, 0.2) is 0 Å². The van der Waals surface area contributed by atoms with Crippen LogP contribution in [0.1, 0.15) is 27.3 Å². The third-order valence-electron chi connectivity index (χ3n) is 4.75. The SMILES string of the molecule is Cc1cc(C(=O)N[C@H]2COC[C@H]2Cc2ccncc2)c2c(C)noc2n1. The van der Waals surface area contributed by atoms with E-state index < -0.39 is 0 Å². The molecular weight excluding hydrogens is 332 g/mol. The number of nitrogens with zero attached hydrogens (tertiary/aromatic N) is 3. The molecule has 0 spiro atoms. The van der Waals surface area contributed by atoms with Crippen molar-refractivity contribution in [2.24, 2.45) is 5.92 Å². The number of fused-ring (bicyclic) bond motifs is 1. The molecule has 7 heteroatoms. The number of carbonyl (C=O) groups excluding carboxylic acids is 1. The Morgan fingerprint density at radius 1 is 1.27 bits per heavy atom. The van der Waals surface area contributed by atoms with E-state index in [1.54, 1.807) is 18.5 Å². The second-order valence-electron chi connectivity index (χ2n) is 6.70. The molecule has 7 nitrogen and oxygen atoms in total. The minimum atomic E-state index is -0.151. The Bertz CT molecular complexity index is 939. The smallest absolute Gasteiger partial charge is 0.258 e. The van der Waals surface area contributed by atoms with Crippen molar-refractivity contribution in [3.8, 4) is 0 Å². The summed E-state index contributed by atoms with van der Waals surface area (Å²) in [6.07, 6.45) is 4.40. The Balaban J connectivity index is 1.55. The van der Waals surface area contributed by atoms with Crippen LogP contribution < -0.4 is 5.32 Å². The van der Waals surface area contributed by atoms with E-state index in [9.17, 15) is 4.79 Å². The molecule has 26 heavy (non-hydrogen) atoms. The minimum absolute atomic E-state index is 0.0423. The Morgan fingerprint density at radius 2 is 2.08 bits per heavy atom. The molecule has 1 fully saturated rings. The number of hydrogen-bond acceptors (Lipinski definition) is 6. The fourth-order valence-corrected chi connectivity index (χ4v) is 3.42. The van der Waals surface area contributed by atoms with Crippen LogP contribution in [-0.4, -0.2) is 40.3 Å². The van der Waals surface area contributed by atoms with Gasteiger partial charge in [-0.3, -0.25) is 9.78 Å². The zero-order valence-corrected chi connectivity index (χ0v) is 14.7. The number of rotatable bonds is 4. The van der Waals surface area contributed by atoms with E-state index in [1.807, 2.05) is 26.0 Å². The highest BCUT2D eigenvalue weighted by Gasteiger charge is 2.30. The molecule has 1 aliphatic heterocycles. The summed E-state index contributed by atoms with van der Waals surface area (Å²) in [5.74, 6) is 0.0744. The van der Waals surface area contributed by atoms with E-state index in [-0.39, 0.29) is 17.9 Å². The predicted octanol–water partition coefficient (Wildman–Crippen LogP) is 2.22. The van der Waals surface area contributed by atoms with Gasteiger partial charge in [-0.05, 0) is 44.0 Å². The number of hydrogen-bond donors (Lipinski definition) is 1. The van der Waals surface area contributed by atoms with Gasteiger partial charge in [0.25, 0.3) is 11.6 Å². The molecule has 1 aliphatic rings. The summed E-state index contributed by atoms with van der Waals surface area (Å²) in [5, 5.41) is 7.72. The lowest BCUT2D eigenvalue weighted by molar-refractivity contribution is 0.0926. The molecule has 3 aromatic rings. The summed E-state index contributed by atoms with van der Waals surface area (Å²) in [6.45, 7) is 4.78. The molecule has 1 amide bonds. The van der Waals surface area contributed by atoms with E-state index >= 15 is 0 Å². The van der Waals surface area contributed by atoms with Crippen LogP contribution in [0.4, 0.5) is 0 Å². The third kappa shape index (κ3) is 3.17. The monoisotopic (exact) mass is 352 g/mol. The van der Waals surface area contributed by atoms with Gasteiger partial charge in [-0.1, -0.05) is 5.16 Å². The zero-order valence-electron chi connectivity index (χ0n) is 14.7. The molecule has 1 saturated heterocycles. The molecule has 0 radical (unpaired) electrons. The largest absolute Gasteiger partial charge is 0.379 e. The fourth-order valence-electron chi connectivity index (χ4n) is 3.42. The Kier molecular flexibility index (Phi) is 4.38. The highest BCUT2D eigenvalue weighted by Crippen LogP contribution is 2.24. The summed E-state index contributed by atoms with van der Waals surface area (Å²) in [7, 11) is 0. The van der Waals surface area contributed by atoms with Gasteiger partial charge >= 0.3 is 0 Å². The summed E-state index contributed by atoms with van der Waals surface area (Å²) >= 11 is 0.